The van der Waals surface area contributed by atoms with Gasteiger partial charge in [0.05, 0.1) is 12.9 Å². The van der Waals surface area contributed by atoms with Gasteiger partial charge in [0, 0.05) is 38.4 Å². The first-order valence-corrected chi connectivity index (χ1v) is 11.9. The van der Waals surface area contributed by atoms with E-state index in [0.29, 0.717) is 44.1 Å². The van der Waals surface area contributed by atoms with Crippen LogP contribution in [0.2, 0.25) is 0 Å². The summed E-state index contributed by atoms with van der Waals surface area (Å²) in [5, 5.41) is 2.70. The molecule has 0 bridgehead atoms. The number of carbonyl (C=O) groups is 1. The molecule has 0 radical (unpaired) electrons. The average Bonchev–Trinajstić information content (AvgIpc) is 2.81. The Bertz CT molecular complexity index is 927. The van der Waals surface area contributed by atoms with Crippen LogP contribution in [0.1, 0.15) is 6.42 Å². The molecule has 0 aromatic heterocycles. The fourth-order valence-electron chi connectivity index (χ4n) is 3.35. The molecule has 0 spiro atoms. The Kier molecular flexibility index (Phi) is 8.13. The van der Waals surface area contributed by atoms with Crippen molar-refractivity contribution in [2.75, 3.05) is 57.1 Å². The van der Waals surface area contributed by atoms with Crippen LogP contribution in [0, 0.1) is 0 Å². The average molecular weight is 448 g/mol. The highest BCUT2D eigenvalue weighted by molar-refractivity contribution is 7.89. The molecule has 1 heterocycles. The molecule has 1 saturated heterocycles. The maximum absolute atomic E-state index is 12.6. The van der Waals surface area contributed by atoms with Crippen molar-refractivity contribution >= 4 is 21.6 Å². The molecule has 9 heteroatoms. The van der Waals surface area contributed by atoms with E-state index in [2.05, 4.69) is 10.2 Å². The van der Waals surface area contributed by atoms with Crippen LogP contribution in [0.4, 0.5) is 5.69 Å². The number of nitrogens with one attached hydrogen (secondary N) is 1. The number of amides is 1. The monoisotopic (exact) mass is 447 g/mol. The van der Waals surface area contributed by atoms with Crippen LogP contribution in [0.3, 0.4) is 0 Å². The molecule has 1 aliphatic rings. The van der Waals surface area contributed by atoms with Gasteiger partial charge in [0.2, 0.25) is 10.0 Å². The van der Waals surface area contributed by atoms with E-state index >= 15 is 0 Å². The normalized spacial score (nSPS) is 14.8. The Labute approximate surface area is 183 Å². The second kappa shape index (κ2) is 11.0. The number of rotatable bonds is 10. The molecule has 0 saturated carbocycles. The van der Waals surface area contributed by atoms with Crippen LogP contribution in [-0.4, -0.2) is 70.8 Å². The van der Waals surface area contributed by atoms with Crippen molar-refractivity contribution in [1.82, 2.24) is 9.62 Å². The molecule has 1 fully saturated rings. The van der Waals surface area contributed by atoms with Gasteiger partial charge in [-0.1, -0.05) is 18.2 Å². The quantitative estimate of drug-likeness (QED) is 0.558. The minimum absolute atomic E-state index is 0.0119. The van der Waals surface area contributed by atoms with Gasteiger partial charge in [0.15, 0.2) is 6.61 Å². The highest BCUT2D eigenvalue weighted by Crippen LogP contribution is 2.18. The number of para-hydroxylation sites is 1. The molecule has 0 unspecified atom stereocenters. The van der Waals surface area contributed by atoms with E-state index in [1.54, 1.807) is 35.7 Å². The zero-order chi connectivity index (χ0) is 22.1. The van der Waals surface area contributed by atoms with E-state index in [4.69, 9.17) is 9.47 Å². The summed E-state index contributed by atoms with van der Waals surface area (Å²) in [7, 11) is -1.76. The van der Waals surface area contributed by atoms with Gasteiger partial charge in [-0.25, -0.2) is 8.42 Å². The summed E-state index contributed by atoms with van der Waals surface area (Å²) in [5.74, 6) is 0.996. The maximum Gasteiger partial charge on any atom is 0.257 e. The molecule has 1 amide bonds. The van der Waals surface area contributed by atoms with Crippen LogP contribution >= 0.6 is 0 Å². The number of benzene rings is 2. The van der Waals surface area contributed by atoms with Crippen LogP contribution in [0.25, 0.3) is 0 Å². The van der Waals surface area contributed by atoms with E-state index in [0.717, 1.165) is 5.69 Å². The molecule has 31 heavy (non-hydrogen) atoms. The Morgan fingerprint density at radius 2 is 1.61 bits per heavy atom. The molecule has 0 aliphatic carbocycles. The van der Waals surface area contributed by atoms with Gasteiger partial charge >= 0.3 is 0 Å². The number of methoxy groups -OCH3 is 1. The van der Waals surface area contributed by atoms with Gasteiger partial charge in [0.1, 0.15) is 11.5 Å². The molecule has 1 N–H and O–H groups in total. The summed E-state index contributed by atoms with van der Waals surface area (Å²) in [4.78, 5) is 14.1. The van der Waals surface area contributed by atoms with Crippen molar-refractivity contribution < 1.29 is 22.7 Å². The summed E-state index contributed by atoms with van der Waals surface area (Å²) in [6.45, 7) is 2.44. The Hall–Kier alpha value is -2.78. The Morgan fingerprint density at radius 3 is 2.26 bits per heavy atom. The molecule has 168 valence electrons. The lowest BCUT2D eigenvalue weighted by Crippen LogP contribution is -2.49. The van der Waals surface area contributed by atoms with Gasteiger partial charge in [-0.3, -0.25) is 4.79 Å². The molecule has 2 aromatic rings. The predicted molar refractivity (Wildman–Crippen MR) is 120 cm³/mol. The first kappa shape index (κ1) is 22.9. The summed E-state index contributed by atoms with van der Waals surface area (Å²) in [6, 6.07) is 16.9. The fourth-order valence-corrected chi connectivity index (χ4v) is 4.83. The number of anilines is 1. The highest BCUT2D eigenvalue weighted by atomic mass is 32.2. The van der Waals surface area contributed by atoms with Gasteiger partial charge in [0.25, 0.3) is 5.91 Å². The summed E-state index contributed by atoms with van der Waals surface area (Å²) < 4.78 is 37.2. The van der Waals surface area contributed by atoms with Crippen molar-refractivity contribution in [2.24, 2.45) is 0 Å². The summed E-state index contributed by atoms with van der Waals surface area (Å²) in [6.07, 6.45) is 0.357. The van der Waals surface area contributed by atoms with E-state index < -0.39 is 10.0 Å². The number of sulfonamides is 1. The second-order valence-corrected chi connectivity index (χ2v) is 9.29. The minimum Gasteiger partial charge on any atom is -0.497 e. The third-order valence-corrected chi connectivity index (χ3v) is 7.04. The number of nitrogens with zero attached hydrogens (tertiary/aromatic N) is 2. The SMILES string of the molecule is COc1ccc(OCC(=O)NCCCS(=O)(=O)N2CCN(c3ccccc3)CC2)cc1. The molecular formula is C22H29N3O5S. The highest BCUT2D eigenvalue weighted by Gasteiger charge is 2.26. The zero-order valence-electron chi connectivity index (χ0n) is 17.7. The molecule has 3 rings (SSSR count). The van der Waals surface area contributed by atoms with Crippen LogP contribution in [-0.2, 0) is 14.8 Å². The van der Waals surface area contributed by atoms with E-state index in [-0.39, 0.29) is 24.8 Å². The summed E-state index contributed by atoms with van der Waals surface area (Å²) in [5.41, 5.74) is 1.11. The van der Waals surface area contributed by atoms with Crippen LogP contribution < -0.4 is 19.7 Å². The predicted octanol–water partition coefficient (Wildman–Crippen LogP) is 1.73. The van der Waals surface area contributed by atoms with Crippen molar-refractivity contribution in [1.29, 1.82) is 0 Å². The molecular weight excluding hydrogens is 418 g/mol. The first-order valence-electron chi connectivity index (χ1n) is 10.3. The van der Waals surface area contributed by atoms with Gasteiger partial charge in [-0.15, -0.1) is 0 Å². The first-order chi connectivity index (χ1) is 15.0. The number of piperazine rings is 1. The van der Waals surface area contributed by atoms with Gasteiger partial charge in [-0.05, 0) is 42.8 Å². The van der Waals surface area contributed by atoms with Crippen LogP contribution in [0.15, 0.2) is 54.6 Å². The molecule has 8 nitrogen and oxygen atoms in total. The summed E-state index contributed by atoms with van der Waals surface area (Å²) >= 11 is 0. The number of hydrogen-bond donors (Lipinski definition) is 1. The lowest BCUT2D eigenvalue weighted by Gasteiger charge is -2.35. The number of carbonyl (C=O) groups excluding carboxylic acids is 1. The van der Waals surface area contributed by atoms with E-state index in [1.807, 2.05) is 30.3 Å². The van der Waals surface area contributed by atoms with Crippen molar-refractivity contribution in [3.63, 3.8) is 0 Å². The topological polar surface area (TPSA) is 88.2 Å². The lowest BCUT2D eigenvalue weighted by molar-refractivity contribution is -0.123. The van der Waals surface area contributed by atoms with Crippen molar-refractivity contribution in [3.05, 3.63) is 54.6 Å². The van der Waals surface area contributed by atoms with E-state index in [9.17, 15) is 13.2 Å². The second-order valence-electron chi connectivity index (χ2n) is 7.21. The van der Waals surface area contributed by atoms with Crippen molar-refractivity contribution in [3.8, 4) is 11.5 Å². The standard InChI is InChI=1S/C22H29N3O5S/c1-29-20-8-10-21(11-9-20)30-18-22(26)23-12-5-17-31(27,28)25-15-13-24(14-16-25)19-6-3-2-4-7-19/h2-4,6-11H,5,12-18H2,1H3,(H,23,26). The number of hydrogen-bond acceptors (Lipinski definition) is 6. The smallest absolute Gasteiger partial charge is 0.257 e. The lowest BCUT2D eigenvalue weighted by atomic mass is 10.2. The minimum atomic E-state index is -3.34. The Morgan fingerprint density at radius 1 is 0.968 bits per heavy atom. The van der Waals surface area contributed by atoms with Crippen LogP contribution in [0.5, 0.6) is 11.5 Å². The third-order valence-electron chi connectivity index (χ3n) is 5.08. The molecule has 2 aromatic carbocycles. The Balaban J connectivity index is 1.33. The van der Waals surface area contributed by atoms with Crippen molar-refractivity contribution in [2.45, 2.75) is 6.42 Å². The van der Waals surface area contributed by atoms with Gasteiger partial charge < -0.3 is 19.7 Å². The fraction of sp³-hybridized carbons (Fsp3) is 0.409. The molecule has 0 atom stereocenters. The largest absolute Gasteiger partial charge is 0.497 e. The maximum atomic E-state index is 12.6. The van der Waals surface area contributed by atoms with Gasteiger partial charge in [-0.2, -0.15) is 4.31 Å². The third kappa shape index (κ3) is 6.86. The molecule has 1 aliphatic heterocycles. The number of ether oxygens (including phenoxy) is 2. The zero-order valence-corrected chi connectivity index (χ0v) is 18.5. The van der Waals surface area contributed by atoms with E-state index in [1.165, 1.54) is 0 Å².